The van der Waals surface area contributed by atoms with Gasteiger partial charge >= 0.3 is 0 Å². The van der Waals surface area contributed by atoms with Gasteiger partial charge < -0.3 is 0 Å². The smallest absolute Gasteiger partial charge is 0.250 e. The first-order valence-corrected chi connectivity index (χ1v) is 7.61. The summed E-state index contributed by atoms with van der Waals surface area (Å²) in [5.74, 6) is -2.48. The molecule has 0 aromatic heterocycles. The van der Waals surface area contributed by atoms with Crippen LogP contribution in [-0.4, -0.2) is 23.9 Å². The summed E-state index contributed by atoms with van der Waals surface area (Å²) >= 11 is 3.59. The molecule has 20 heavy (non-hydrogen) atoms. The van der Waals surface area contributed by atoms with Gasteiger partial charge in [-0.15, -0.1) is 0 Å². The molecule has 3 rings (SSSR count). The first-order valence-electron chi connectivity index (χ1n) is 6.81. The molecule has 0 bridgehead atoms. The summed E-state index contributed by atoms with van der Waals surface area (Å²) in [5, 5.41) is 2.37. The van der Waals surface area contributed by atoms with Crippen LogP contribution in [0.15, 0.2) is 40.9 Å². The predicted molar refractivity (Wildman–Crippen MR) is 81.1 cm³/mol. The fourth-order valence-electron chi connectivity index (χ4n) is 2.78. The van der Waals surface area contributed by atoms with Gasteiger partial charge in [0.2, 0.25) is 0 Å². The second-order valence-corrected chi connectivity index (χ2v) is 6.24. The molecule has 0 aliphatic carbocycles. The van der Waals surface area contributed by atoms with Crippen LogP contribution in [0.4, 0.5) is 8.78 Å². The molecule has 106 valence electrons. The van der Waals surface area contributed by atoms with Crippen LogP contribution < -0.4 is 0 Å². The fourth-order valence-corrected chi connectivity index (χ4v) is 3.42. The molecule has 1 nitrogen and oxygen atoms in total. The third kappa shape index (κ3) is 2.86. The molecule has 0 saturated carbocycles. The number of hydrogen-bond donors (Lipinski definition) is 0. The van der Waals surface area contributed by atoms with E-state index >= 15 is 0 Å². The molecule has 0 spiro atoms. The number of fused-ring (bicyclic) bond motifs is 1. The number of hydrogen-bond acceptors (Lipinski definition) is 1. The van der Waals surface area contributed by atoms with E-state index in [9.17, 15) is 8.78 Å². The van der Waals surface area contributed by atoms with Crippen molar-refractivity contribution in [1.29, 1.82) is 0 Å². The van der Waals surface area contributed by atoms with Crippen LogP contribution in [0.1, 0.15) is 18.4 Å². The van der Waals surface area contributed by atoms with Crippen LogP contribution in [0, 0.1) is 0 Å². The largest absolute Gasteiger partial charge is 0.299 e. The molecular weight excluding hydrogens is 324 g/mol. The maximum Gasteiger partial charge on any atom is 0.250 e. The lowest BCUT2D eigenvalue weighted by atomic mass is 10.0. The summed E-state index contributed by atoms with van der Waals surface area (Å²) in [6.07, 6.45) is -0.0577. The van der Waals surface area contributed by atoms with Gasteiger partial charge in [0.05, 0.1) is 0 Å². The van der Waals surface area contributed by atoms with E-state index in [0.29, 0.717) is 13.1 Å². The van der Waals surface area contributed by atoms with Gasteiger partial charge in [-0.3, -0.25) is 4.90 Å². The number of rotatable bonds is 2. The minimum atomic E-state index is -2.48. The lowest BCUT2D eigenvalue weighted by molar-refractivity contribution is -0.0565. The van der Waals surface area contributed by atoms with Gasteiger partial charge in [-0.05, 0) is 17.0 Å². The summed E-state index contributed by atoms with van der Waals surface area (Å²) in [6, 6.07) is 12.3. The average molecular weight is 340 g/mol. The quantitative estimate of drug-likeness (QED) is 0.757. The average Bonchev–Trinajstić information content (AvgIpc) is 2.42. The Hall–Kier alpha value is -1.00. The molecule has 1 fully saturated rings. The Balaban J connectivity index is 1.85. The van der Waals surface area contributed by atoms with Crippen molar-refractivity contribution < 1.29 is 8.78 Å². The van der Waals surface area contributed by atoms with Crippen molar-refractivity contribution in [1.82, 2.24) is 4.90 Å². The van der Waals surface area contributed by atoms with E-state index in [2.05, 4.69) is 39.0 Å². The summed E-state index contributed by atoms with van der Waals surface area (Å²) < 4.78 is 27.5. The lowest BCUT2D eigenvalue weighted by Gasteiger charge is -2.32. The molecule has 0 radical (unpaired) electrons. The standard InChI is InChI=1S/C16H16BrF2N/c17-14-6-2-4-12-3-1-5-13(15(12)14)11-20-9-7-16(18,19)8-10-20/h1-6H,7-11H2. The highest BCUT2D eigenvalue weighted by Crippen LogP contribution is 2.31. The molecular formula is C16H16BrF2N. The van der Waals surface area contributed by atoms with Gasteiger partial charge in [-0.25, -0.2) is 8.78 Å². The molecule has 2 aromatic rings. The first-order chi connectivity index (χ1) is 9.55. The minimum absolute atomic E-state index is 0.0288. The third-order valence-electron chi connectivity index (χ3n) is 3.92. The Kier molecular flexibility index (Phi) is 3.78. The number of benzene rings is 2. The molecule has 0 amide bonds. The van der Waals surface area contributed by atoms with Crippen molar-refractivity contribution in [2.45, 2.75) is 25.3 Å². The number of likely N-dealkylation sites (tertiary alicyclic amines) is 1. The van der Waals surface area contributed by atoms with Gasteiger partial charge in [-0.1, -0.05) is 46.3 Å². The van der Waals surface area contributed by atoms with E-state index in [0.717, 1.165) is 11.0 Å². The molecule has 2 aromatic carbocycles. The Morgan fingerprint density at radius 2 is 1.70 bits per heavy atom. The zero-order valence-electron chi connectivity index (χ0n) is 11.1. The molecule has 1 aliphatic heterocycles. The van der Waals surface area contributed by atoms with E-state index in [1.54, 1.807) is 0 Å². The SMILES string of the molecule is FC1(F)CCN(Cc2cccc3cccc(Br)c23)CC1. The molecule has 1 saturated heterocycles. The number of nitrogens with zero attached hydrogens (tertiary/aromatic N) is 1. The number of piperidine rings is 1. The number of alkyl halides is 2. The van der Waals surface area contributed by atoms with Crippen molar-refractivity contribution in [2.75, 3.05) is 13.1 Å². The van der Waals surface area contributed by atoms with Crippen LogP contribution in [0.25, 0.3) is 10.8 Å². The van der Waals surface area contributed by atoms with Gasteiger partial charge in [0, 0.05) is 42.3 Å². The highest BCUT2D eigenvalue weighted by Gasteiger charge is 2.33. The van der Waals surface area contributed by atoms with Gasteiger partial charge in [0.1, 0.15) is 0 Å². The zero-order valence-corrected chi connectivity index (χ0v) is 12.7. The molecule has 4 heteroatoms. The van der Waals surface area contributed by atoms with Crippen LogP contribution >= 0.6 is 15.9 Å². The van der Waals surface area contributed by atoms with Crippen LogP contribution in [0.3, 0.4) is 0 Å². The molecule has 0 atom stereocenters. The Morgan fingerprint density at radius 1 is 1.05 bits per heavy atom. The van der Waals surface area contributed by atoms with Crippen molar-refractivity contribution in [3.63, 3.8) is 0 Å². The zero-order chi connectivity index (χ0) is 14.2. The Labute approximate surface area is 125 Å². The Bertz CT molecular complexity index is 612. The molecule has 1 aliphatic rings. The second kappa shape index (κ2) is 5.41. The monoisotopic (exact) mass is 339 g/mol. The predicted octanol–water partition coefficient (Wildman–Crippen LogP) is 4.83. The van der Waals surface area contributed by atoms with Gasteiger partial charge in [0.15, 0.2) is 0 Å². The minimum Gasteiger partial charge on any atom is -0.299 e. The van der Waals surface area contributed by atoms with Gasteiger partial charge in [0.25, 0.3) is 5.92 Å². The van der Waals surface area contributed by atoms with Crippen LogP contribution in [0.2, 0.25) is 0 Å². The van der Waals surface area contributed by atoms with E-state index in [1.807, 2.05) is 18.2 Å². The highest BCUT2D eigenvalue weighted by molar-refractivity contribution is 9.10. The first kappa shape index (κ1) is 14.0. The van der Waals surface area contributed by atoms with Crippen molar-refractivity contribution >= 4 is 26.7 Å². The van der Waals surface area contributed by atoms with E-state index in [4.69, 9.17) is 0 Å². The van der Waals surface area contributed by atoms with E-state index in [-0.39, 0.29) is 12.8 Å². The van der Waals surface area contributed by atoms with E-state index in [1.165, 1.54) is 16.3 Å². The van der Waals surface area contributed by atoms with Crippen LogP contribution in [-0.2, 0) is 6.54 Å². The maximum absolute atomic E-state index is 13.2. The normalized spacial score (nSPS) is 19.4. The fraction of sp³-hybridized carbons (Fsp3) is 0.375. The molecule has 0 N–H and O–H groups in total. The maximum atomic E-state index is 13.2. The summed E-state index contributed by atoms with van der Waals surface area (Å²) in [5.41, 5.74) is 1.19. The lowest BCUT2D eigenvalue weighted by Crippen LogP contribution is -2.38. The third-order valence-corrected chi connectivity index (χ3v) is 4.58. The van der Waals surface area contributed by atoms with E-state index < -0.39 is 5.92 Å². The van der Waals surface area contributed by atoms with Crippen molar-refractivity contribution in [2.24, 2.45) is 0 Å². The van der Waals surface area contributed by atoms with Crippen molar-refractivity contribution in [3.05, 3.63) is 46.4 Å². The summed E-state index contributed by atoms with van der Waals surface area (Å²) in [6.45, 7) is 1.66. The highest BCUT2D eigenvalue weighted by atomic mass is 79.9. The molecule has 1 heterocycles. The molecule has 0 unspecified atom stereocenters. The second-order valence-electron chi connectivity index (χ2n) is 5.39. The summed E-state index contributed by atoms with van der Waals surface area (Å²) in [7, 11) is 0. The number of halogens is 3. The van der Waals surface area contributed by atoms with Gasteiger partial charge in [-0.2, -0.15) is 0 Å². The van der Waals surface area contributed by atoms with Crippen molar-refractivity contribution in [3.8, 4) is 0 Å². The van der Waals surface area contributed by atoms with Crippen LogP contribution in [0.5, 0.6) is 0 Å². The topological polar surface area (TPSA) is 3.24 Å². The Morgan fingerprint density at radius 3 is 2.40 bits per heavy atom. The summed E-state index contributed by atoms with van der Waals surface area (Å²) in [4.78, 5) is 2.12.